The number of rotatable bonds is 5. The van der Waals surface area contributed by atoms with Gasteiger partial charge in [-0.2, -0.15) is 5.10 Å². The summed E-state index contributed by atoms with van der Waals surface area (Å²) in [6.45, 7) is 7.43. The summed E-state index contributed by atoms with van der Waals surface area (Å²) in [5.41, 5.74) is 2.41. The molecule has 0 bridgehead atoms. The Morgan fingerprint density at radius 2 is 2.05 bits per heavy atom. The van der Waals surface area contributed by atoms with Gasteiger partial charge in [0.05, 0.1) is 22.0 Å². The highest BCUT2D eigenvalue weighted by Gasteiger charge is 2.30. The molecule has 0 radical (unpaired) electrons. The molecule has 1 aliphatic carbocycles. The zero-order chi connectivity index (χ0) is 14.7. The number of aliphatic hydroxyl groups is 1. The highest BCUT2D eigenvalue weighted by molar-refractivity contribution is 9.10. The lowest BCUT2D eigenvalue weighted by atomic mass is 9.76. The maximum absolute atomic E-state index is 10.3. The van der Waals surface area contributed by atoms with Crippen LogP contribution in [0.3, 0.4) is 0 Å². The summed E-state index contributed by atoms with van der Waals surface area (Å²) in [4.78, 5) is 0. The van der Waals surface area contributed by atoms with Gasteiger partial charge in [0.2, 0.25) is 0 Å². The number of hydrogen-bond acceptors (Lipinski definition) is 2. The average molecular weight is 343 g/mol. The zero-order valence-corrected chi connectivity index (χ0v) is 14.5. The first-order valence-corrected chi connectivity index (χ1v) is 8.81. The van der Waals surface area contributed by atoms with E-state index in [1.54, 1.807) is 0 Å². The summed E-state index contributed by atoms with van der Waals surface area (Å²) in [6.07, 6.45) is 6.28. The van der Waals surface area contributed by atoms with E-state index in [1.807, 2.05) is 0 Å². The number of aryl methyl sites for hydroxylation is 2. The van der Waals surface area contributed by atoms with Gasteiger partial charge in [-0.15, -0.1) is 0 Å². The van der Waals surface area contributed by atoms with E-state index in [0.717, 1.165) is 48.3 Å². The second-order valence-electron chi connectivity index (χ2n) is 6.00. The Morgan fingerprint density at radius 3 is 2.65 bits per heavy atom. The molecule has 2 rings (SSSR count). The zero-order valence-electron chi connectivity index (χ0n) is 12.9. The first kappa shape index (κ1) is 16.0. The van der Waals surface area contributed by atoms with Crippen molar-refractivity contribution in [1.82, 2.24) is 9.78 Å². The van der Waals surface area contributed by atoms with E-state index in [-0.39, 0.29) is 6.10 Å². The third-order valence-corrected chi connectivity index (χ3v) is 5.69. The van der Waals surface area contributed by atoms with Crippen molar-refractivity contribution >= 4 is 15.9 Å². The van der Waals surface area contributed by atoms with Crippen molar-refractivity contribution in [2.24, 2.45) is 11.8 Å². The smallest absolute Gasteiger partial charge is 0.0766 e. The van der Waals surface area contributed by atoms with Crippen LogP contribution in [-0.2, 0) is 19.4 Å². The number of aromatic nitrogens is 2. The molecule has 3 nitrogen and oxygen atoms in total. The summed E-state index contributed by atoms with van der Waals surface area (Å²) in [6, 6.07) is 0. The van der Waals surface area contributed by atoms with Crippen molar-refractivity contribution < 1.29 is 5.11 Å². The van der Waals surface area contributed by atoms with Gasteiger partial charge in [0.15, 0.2) is 0 Å². The van der Waals surface area contributed by atoms with Crippen LogP contribution in [0.1, 0.15) is 57.8 Å². The summed E-state index contributed by atoms with van der Waals surface area (Å²) in [5, 5.41) is 15.0. The molecular weight excluding hydrogens is 316 g/mol. The van der Waals surface area contributed by atoms with E-state index in [2.05, 4.69) is 46.5 Å². The average Bonchev–Trinajstić information content (AvgIpc) is 2.77. The molecule has 114 valence electrons. The molecule has 0 aliphatic heterocycles. The summed E-state index contributed by atoms with van der Waals surface area (Å²) in [5.74, 6) is 1.17. The van der Waals surface area contributed by atoms with E-state index in [4.69, 9.17) is 0 Å². The van der Waals surface area contributed by atoms with Crippen LogP contribution < -0.4 is 0 Å². The van der Waals surface area contributed by atoms with E-state index in [9.17, 15) is 5.11 Å². The Hall–Kier alpha value is -0.350. The molecule has 0 aromatic carbocycles. The monoisotopic (exact) mass is 342 g/mol. The van der Waals surface area contributed by atoms with Gasteiger partial charge in [0.1, 0.15) is 0 Å². The van der Waals surface area contributed by atoms with Crippen molar-refractivity contribution in [3.05, 3.63) is 15.9 Å². The van der Waals surface area contributed by atoms with Crippen LogP contribution in [0.2, 0.25) is 0 Å². The Kier molecular flexibility index (Phi) is 5.67. The minimum absolute atomic E-state index is 0.144. The Bertz CT molecular complexity index is 444. The highest BCUT2D eigenvalue weighted by Crippen LogP contribution is 2.35. The van der Waals surface area contributed by atoms with E-state index in [1.165, 1.54) is 18.5 Å². The van der Waals surface area contributed by atoms with Gasteiger partial charge in [-0.1, -0.05) is 20.3 Å². The molecule has 1 aliphatic rings. The SMILES string of the molecule is CCc1nn(CC)c(CC2CC(CC)CCC2O)c1Br. The van der Waals surface area contributed by atoms with Crippen LogP contribution >= 0.6 is 15.9 Å². The Morgan fingerprint density at radius 1 is 1.30 bits per heavy atom. The lowest BCUT2D eigenvalue weighted by Crippen LogP contribution is -2.31. The summed E-state index contributed by atoms with van der Waals surface area (Å²) < 4.78 is 3.26. The van der Waals surface area contributed by atoms with Crippen LogP contribution in [0.25, 0.3) is 0 Å². The van der Waals surface area contributed by atoms with E-state index in [0.29, 0.717) is 5.92 Å². The maximum Gasteiger partial charge on any atom is 0.0766 e. The van der Waals surface area contributed by atoms with E-state index < -0.39 is 0 Å². The molecule has 20 heavy (non-hydrogen) atoms. The van der Waals surface area contributed by atoms with Crippen LogP contribution in [0.15, 0.2) is 4.47 Å². The minimum atomic E-state index is -0.144. The van der Waals surface area contributed by atoms with Crippen LogP contribution in [0.4, 0.5) is 0 Å². The number of aliphatic hydroxyl groups excluding tert-OH is 1. The molecule has 1 aromatic rings. The quantitative estimate of drug-likeness (QED) is 0.879. The van der Waals surface area contributed by atoms with Gasteiger partial charge in [-0.05, 0) is 66.8 Å². The molecule has 1 heterocycles. The van der Waals surface area contributed by atoms with Crippen molar-refractivity contribution in [3.63, 3.8) is 0 Å². The molecule has 4 heteroatoms. The predicted molar refractivity (Wildman–Crippen MR) is 85.8 cm³/mol. The minimum Gasteiger partial charge on any atom is -0.393 e. The predicted octanol–water partition coefficient (Wildman–Crippen LogP) is 3.96. The standard InChI is InChI=1S/C16H27BrN2O/c1-4-11-7-8-15(20)12(9-11)10-14-16(17)13(5-2)18-19(14)6-3/h11-12,15,20H,4-10H2,1-3H3. The Labute approximate surface area is 130 Å². The molecule has 3 atom stereocenters. The van der Waals surface area contributed by atoms with Crippen LogP contribution in [0, 0.1) is 11.8 Å². The fourth-order valence-electron chi connectivity index (χ4n) is 3.40. The van der Waals surface area contributed by atoms with Crippen molar-refractivity contribution in [2.45, 2.75) is 71.9 Å². The van der Waals surface area contributed by atoms with Gasteiger partial charge < -0.3 is 5.11 Å². The number of nitrogens with zero attached hydrogens (tertiary/aromatic N) is 2. The summed E-state index contributed by atoms with van der Waals surface area (Å²) in [7, 11) is 0. The van der Waals surface area contributed by atoms with Crippen molar-refractivity contribution in [3.8, 4) is 0 Å². The van der Waals surface area contributed by atoms with Crippen molar-refractivity contribution in [2.75, 3.05) is 0 Å². The fraction of sp³-hybridized carbons (Fsp3) is 0.812. The summed E-state index contributed by atoms with van der Waals surface area (Å²) >= 11 is 3.72. The molecule has 3 unspecified atom stereocenters. The molecule has 0 spiro atoms. The largest absolute Gasteiger partial charge is 0.393 e. The molecule has 1 aromatic heterocycles. The molecule has 0 saturated heterocycles. The van der Waals surface area contributed by atoms with Gasteiger partial charge in [0, 0.05) is 6.54 Å². The van der Waals surface area contributed by atoms with Gasteiger partial charge in [0.25, 0.3) is 0 Å². The third kappa shape index (κ3) is 3.28. The lowest BCUT2D eigenvalue weighted by molar-refractivity contribution is 0.0464. The molecule has 1 fully saturated rings. The molecular formula is C16H27BrN2O. The lowest BCUT2D eigenvalue weighted by Gasteiger charge is -2.33. The van der Waals surface area contributed by atoms with Crippen molar-refractivity contribution in [1.29, 1.82) is 0 Å². The topological polar surface area (TPSA) is 38.0 Å². The molecule has 0 amide bonds. The first-order chi connectivity index (χ1) is 9.60. The van der Waals surface area contributed by atoms with Gasteiger partial charge in [-0.3, -0.25) is 4.68 Å². The Balaban J connectivity index is 2.17. The fourth-order valence-corrected chi connectivity index (χ4v) is 4.12. The maximum atomic E-state index is 10.3. The highest BCUT2D eigenvalue weighted by atomic mass is 79.9. The second-order valence-corrected chi connectivity index (χ2v) is 6.79. The normalized spacial score (nSPS) is 26.9. The number of halogens is 1. The first-order valence-electron chi connectivity index (χ1n) is 8.02. The second kappa shape index (κ2) is 7.08. The number of hydrogen-bond donors (Lipinski definition) is 1. The van der Waals surface area contributed by atoms with Gasteiger partial charge in [-0.25, -0.2) is 0 Å². The van der Waals surface area contributed by atoms with Gasteiger partial charge >= 0.3 is 0 Å². The van der Waals surface area contributed by atoms with Crippen LogP contribution in [0.5, 0.6) is 0 Å². The third-order valence-electron chi connectivity index (χ3n) is 4.78. The molecule has 1 saturated carbocycles. The molecule has 1 N–H and O–H groups in total. The van der Waals surface area contributed by atoms with E-state index >= 15 is 0 Å². The van der Waals surface area contributed by atoms with Crippen LogP contribution in [-0.4, -0.2) is 21.0 Å².